The molecule has 0 radical (unpaired) electrons. The molecular formula is C25H32BrNO5Si. The minimum atomic E-state index is -1.59. The van der Waals surface area contributed by atoms with Gasteiger partial charge in [-0.3, -0.25) is 10.1 Å². The summed E-state index contributed by atoms with van der Waals surface area (Å²) >= 11 is 3.52. The number of rotatable bonds is 8. The third-order valence-corrected chi connectivity index (χ3v) is 7.21. The highest BCUT2D eigenvalue weighted by atomic mass is 79.9. The van der Waals surface area contributed by atoms with Crippen LogP contribution in [-0.4, -0.2) is 43.5 Å². The van der Waals surface area contributed by atoms with Crippen molar-refractivity contribution >= 4 is 29.7 Å². The molecule has 0 aromatic heterocycles. The van der Waals surface area contributed by atoms with Crippen LogP contribution in [0.2, 0.25) is 19.6 Å². The molecule has 0 N–H and O–H groups in total. The molecule has 1 aromatic rings. The summed E-state index contributed by atoms with van der Waals surface area (Å²) in [4.78, 5) is 10.5. The fourth-order valence-corrected chi connectivity index (χ4v) is 4.49. The Labute approximate surface area is 205 Å². The van der Waals surface area contributed by atoms with Crippen molar-refractivity contribution in [1.82, 2.24) is 0 Å². The van der Waals surface area contributed by atoms with E-state index in [1.54, 1.807) is 12.1 Å². The monoisotopic (exact) mass is 533 g/mol. The van der Waals surface area contributed by atoms with Crippen LogP contribution in [0.3, 0.4) is 0 Å². The molecule has 2 saturated heterocycles. The predicted octanol–water partition coefficient (Wildman–Crippen LogP) is 5.92. The maximum absolute atomic E-state index is 10.9. The van der Waals surface area contributed by atoms with Crippen molar-refractivity contribution in [3.05, 3.63) is 62.7 Å². The van der Waals surface area contributed by atoms with Gasteiger partial charge < -0.3 is 14.2 Å². The molecule has 6 nitrogen and oxygen atoms in total. The second-order valence-corrected chi connectivity index (χ2v) is 15.2. The molecular weight excluding hydrogens is 502 g/mol. The number of hydrogen-bond acceptors (Lipinski definition) is 5. The molecule has 0 spiro atoms. The number of allylic oxidation sites excluding steroid dienone is 3. The van der Waals surface area contributed by atoms with E-state index in [0.717, 1.165) is 29.3 Å². The smallest absolute Gasteiger partial charge is 0.269 e. The Kier molecular flexibility index (Phi) is 9.07. The van der Waals surface area contributed by atoms with Gasteiger partial charge in [0.1, 0.15) is 14.2 Å². The molecule has 0 bridgehead atoms. The van der Waals surface area contributed by atoms with E-state index in [9.17, 15) is 10.1 Å². The summed E-state index contributed by atoms with van der Waals surface area (Å²) in [5.41, 5.74) is 4.34. The van der Waals surface area contributed by atoms with Crippen molar-refractivity contribution < 1.29 is 19.1 Å². The Hall–Kier alpha value is -1.76. The summed E-state index contributed by atoms with van der Waals surface area (Å²) in [6, 6.07) is 6.43. The number of nitrogens with zero attached hydrogens (tertiary/aromatic N) is 1. The molecule has 2 aliphatic heterocycles. The Morgan fingerprint density at radius 1 is 1.27 bits per heavy atom. The lowest BCUT2D eigenvalue weighted by Gasteiger charge is -2.21. The van der Waals surface area contributed by atoms with Crippen LogP contribution in [0, 0.1) is 21.6 Å². The summed E-state index contributed by atoms with van der Waals surface area (Å²) in [5, 5.41) is 10.9. The number of halogens is 1. The molecule has 1 aromatic carbocycles. The SMILES string of the molecule is CC/C(Br)=C\C=C\[C@H]1C[C@@H]2O[C@@H]([C@H](C#C[Si](C)(C)C)OCc3ccc([N+](=O)[O-])cc3)C[C@@H]2O1. The number of fused-ring (bicyclic) bond motifs is 1. The third kappa shape index (κ3) is 7.90. The Morgan fingerprint density at radius 3 is 2.58 bits per heavy atom. The number of hydrogen-bond donors (Lipinski definition) is 0. The highest BCUT2D eigenvalue weighted by molar-refractivity contribution is 9.11. The Morgan fingerprint density at radius 2 is 1.97 bits per heavy atom. The summed E-state index contributed by atoms with van der Waals surface area (Å²) in [7, 11) is -1.59. The average molecular weight is 535 g/mol. The van der Waals surface area contributed by atoms with Gasteiger partial charge in [0.25, 0.3) is 5.69 Å². The Bertz CT molecular complexity index is 930. The Balaban J connectivity index is 1.62. The van der Waals surface area contributed by atoms with Crippen LogP contribution >= 0.6 is 15.9 Å². The normalized spacial score (nSPS) is 26.2. The first-order valence-electron chi connectivity index (χ1n) is 11.4. The third-order valence-electron chi connectivity index (χ3n) is 5.49. The van der Waals surface area contributed by atoms with Gasteiger partial charge in [-0.15, -0.1) is 5.54 Å². The molecule has 8 heteroatoms. The lowest BCUT2D eigenvalue weighted by Crippen LogP contribution is -2.30. The molecule has 0 amide bonds. The van der Waals surface area contributed by atoms with E-state index in [4.69, 9.17) is 14.2 Å². The fraction of sp³-hybridized carbons (Fsp3) is 0.520. The number of nitro groups is 1. The fourth-order valence-electron chi connectivity index (χ4n) is 3.76. The molecule has 0 saturated carbocycles. The lowest BCUT2D eigenvalue weighted by molar-refractivity contribution is -0.384. The van der Waals surface area contributed by atoms with Gasteiger partial charge in [0.05, 0.1) is 35.9 Å². The van der Waals surface area contributed by atoms with Crippen LogP contribution in [-0.2, 0) is 20.8 Å². The standard InChI is InChI=1S/C25H32BrNO5Si/c1-5-19(26)7-6-8-21-15-23-25(31-21)16-24(32-23)22(13-14-33(2,3)4)30-17-18-9-11-20(12-10-18)27(28)29/h6-12,21-25H,5,15-17H2,1-4H3/b8-6+,19-7+/t21-,22-,23-,24+,25-/m0/s1. The molecule has 33 heavy (non-hydrogen) atoms. The summed E-state index contributed by atoms with van der Waals surface area (Å²) < 4.78 is 19.9. The zero-order valence-electron chi connectivity index (χ0n) is 19.6. The van der Waals surface area contributed by atoms with Crippen molar-refractivity contribution in [2.24, 2.45) is 0 Å². The number of non-ortho nitro benzene ring substituents is 1. The van der Waals surface area contributed by atoms with Crippen molar-refractivity contribution in [1.29, 1.82) is 0 Å². The van der Waals surface area contributed by atoms with Crippen LogP contribution in [0.4, 0.5) is 5.69 Å². The second kappa shape index (κ2) is 11.6. The van der Waals surface area contributed by atoms with Gasteiger partial charge in [0, 0.05) is 25.0 Å². The largest absolute Gasteiger partial charge is 0.368 e. The first kappa shape index (κ1) is 25.9. The van der Waals surface area contributed by atoms with Crippen molar-refractivity contribution in [2.45, 2.75) is 83.0 Å². The molecule has 5 atom stereocenters. The topological polar surface area (TPSA) is 70.8 Å². The van der Waals surface area contributed by atoms with Gasteiger partial charge in [-0.2, -0.15) is 0 Å². The quantitative estimate of drug-likeness (QED) is 0.136. The van der Waals surface area contributed by atoms with Crippen molar-refractivity contribution in [3.63, 3.8) is 0 Å². The van der Waals surface area contributed by atoms with E-state index in [2.05, 4.69) is 66.1 Å². The predicted molar refractivity (Wildman–Crippen MR) is 136 cm³/mol. The molecule has 0 aliphatic carbocycles. The van der Waals surface area contributed by atoms with Gasteiger partial charge in [-0.05, 0) is 28.6 Å². The minimum absolute atomic E-state index is 0.0439. The van der Waals surface area contributed by atoms with Gasteiger partial charge >= 0.3 is 0 Å². The first-order chi connectivity index (χ1) is 15.6. The van der Waals surface area contributed by atoms with Crippen LogP contribution in [0.5, 0.6) is 0 Å². The van der Waals surface area contributed by atoms with Gasteiger partial charge in [0.15, 0.2) is 0 Å². The van der Waals surface area contributed by atoms with E-state index >= 15 is 0 Å². The van der Waals surface area contributed by atoms with Crippen LogP contribution in [0.15, 0.2) is 47.0 Å². The second-order valence-electron chi connectivity index (χ2n) is 9.42. The first-order valence-corrected chi connectivity index (χ1v) is 15.7. The molecule has 2 aliphatic rings. The van der Waals surface area contributed by atoms with Crippen LogP contribution in [0.25, 0.3) is 0 Å². The maximum atomic E-state index is 10.9. The van der Waals surface area contributed by atoms with Gasteiger partial charge in [0.2, 0.25) is 0 Å². The van der Waals surface area contributed by atoms with E-state index in [1.165, 1.54) is 12.1 Å². The number of ether oxygens (including phenoxy) is 3. The average Bonchev–Trinajstić information content (AvgIpc) is 3.32. The van der Waals surface area contributed by atoms with Crippen molar-refractivity contribution in [2.75, 3.05) is 0 Å². The van der Waals surface area contributed by atoms with E-state index in [0.29, 0.717) is 6.61 Å². The summed E-state index contributed by atoms with van der Waals surface area (Å²) in [6.07, 6.45) is 8.33. The maximum Gasteiger partial charge on any atom is 0.269 e. The zero-order valence-corrected chi connectivity index (χ0v) is 22.2. The number of benzene rings is 1. The van der Waals surface area contributed by atoms with Crippen LogP contribution < -0.4 is 0 Å². The molecule has 2 fully saturated rings. The highest BCUT2D eigenvalue weighted by Gasteiger charge is 2.45. The summed E-state index contributed by atoms with van der Waals surface area (Å²) in [5.74, 6) is 3.33. The molecule has 3 rings (SSSR count). The highest BCUT2D eigenvalue weighted by Crippen LogP contribution is 2.36. The molecule has 2 heterocycles. The van der Waals surface area contributed by atoms with Crippen LogP contribution in [0.1, 0.15) is 31.7 Å². The number of nitro benzene ring substituents is 1. The lowest BCUT2D eigenvalue weighted by atomic mass is 10.1. The zero-order chi connectivity index (χ0) is 24.0. The van der Waals surface area contributed by atoms with Crippen molar-refractivity contribution in [3.8, 4) is 11.5 Å². The van der Waals surface area contributed by atoms with E-state index in [-0.39, 0.29) is 36.2 Å². The summed E-state index contributed by atoms with van der Waals surface area (Å²) in [6.45, 7) is 9.02. The van der Waals surface area contributed by atoms with Gasteiger partial charge in [-0.25, -0.2) is 0 Å². The van der Waals surface area contributed by atoms with Gasteiger partial charge in [-0.1, -0.05) is 66.6 Å². The molecule has 0 unspecified atom stereocenters. The molecule has 178 valence electrons. The van der Waals surface area contributed by atoms with E-state index in [1.807, 2.05) is 6.08 Å². The minimum Gasteiger partial charge on any atom is -0.368 e. The van der Waals surface area contributed by atoms with E-state index < -0.39 is 13.0 Å².